The van der Waals surface area contributed by atoms with E-state index < -0.39 is 0 Å². The van der Waals surface area contributed by atoms with Crippen molar-refractivity contribution in [3.63, 3.8) is 0 Å². The van der Waals surface area contributed by atoms with E-state index in [-0.39, 0.29) is 11.5 Å². The van der Waals surface area contributed by atoms with Crippen LogP contribution >= 0.6 is 0 Å². The summed E-state index contributed by atoms with van der Waals surface area (Å²) in [5.74, 6) is -0.320. The van der Waals surface area contributed by atoms with E-state index in [9.17, 15) is 9.18 Å². The van der Waals surface area contributed by atoms with Crippen molar-refractivity contribution in [3.8, 4) is 0 Å². The number of benzene rings is 1. The number of rotatable bonds is 1. The van der Waals surface area contributed by atoms with Crippen LogP contribution in [0, 0.1) is 5.82 Å². The maximum atomic E-state index is 13.0. The molecule has 0 unspecified atom stereocenters. The van der Waals surface area contributed by atoms with E-state index in [0.717, 1.165) is 5.56 Å². The number of fused-ring (bicyclic) bond motifs is 1. The molecule has 0 saturated carbocycles. The fourth-order valence-electron chi connectivity index (χ4n) is 1.46. The molecule has 0 aliphatic heterocycles. The second kappa shape index (κ2) is 2.73. The SMILES string of the molecule is CCc1cc(F)cc2[nH]c(=O)[nH]c12. The minimum Gasteiger partial charge on any atom is -0.306 e. The van der Waals surface area contributed by atoms with Gasteiger partial charge >= 0.3 is 5.69 Å². The first-order valence-electron chi connectivity index (χ1n) is 4.11. The number of hydrogen-bond acceptors (Lipinski definition) is 1. The van der Waals surface area contributed by atoms with Crippen molar-refractivity contribution >= 4 is 11.0 Å². The first-order valence-corrected chi connectivity index (χ1v) is 4.11. The molecule has 4 heteroatoms. The van der Waals surface area contributed by atoms with Crippen molar-refractivity contribution in [2.45, 2.75) is 13.3 Å². The lowest BCUT2D eigenvalue weighted by molar-refractivity contribution is 0.627. The van der Waals surface area contributed by atoms with Crippen LogP contribution in [0.4, 0.5) is 4.39 Å². The van der Waals surface area contributed by atoms with Gasteiger partial charge in [-0.15, -0.1) is 0 Å². The Morgan fingerprint density at radius 2 is 2.15 bits per heavy atom. The number of nitrogens with one attached hydrogen (secondary N) is 2. The highest BCUT2D eigenvalue weighted by Gasteiger charge is 2.05. The first kappa shape index (κ1) is 8.04. The van der Waals surface area contributed by atoms with Crippen LogP contribution in [0.15, 0.2) is 16.9 Å². The lowest BCUT2D eigenvalue weighted by atomic mass is 10.1. The molecular weight excluding hydrogens is 171 g/mol. The maximum Gasteiger partial charge on any atom is 0.323 e. The molecule has 68 valence electrons. The third kappa shape index (κ3) is 1.24. The number of aromatic nitrogens is 2. The van der Waals surface area contributed by atoms with Crippen molar-refractivity contribution in [1.82, 2.24) is 9.97 Å². The zero-order chi connectivity index (χ0) is 9.42. The lowest BCUT2D eigenvalue weighted by Gasteiger charge is -1.98. The number of imidazole rings is 1. The van der Waals surface area contributed by atoms with Crippen LogP contribution in [0.5, 0.6) is 0 Å². The van der Waals surface area contributed by atoms with Gasteiger partial charge in [-0.3, -0.25) is 0 Å². The van der Waals surface area contributed by atoms with Crippen LogP contribution in [0.1, 0.15) is 12.5 Å². The van der Waals surface area contributed by atoms with E-state index in [0.29, 0.717) is 17.5 Å². The molecule has 1 aromatic carbocycles. The molecule has 2 aromatic rings. The van der Waals surface area contributed by atoms with Crippen LogP contribution in [0.3, 0.4) is 0 Å². The van der Waals surface area contributed by atoms with Gasteiger partial charge in [-0.2, -0.15) is 0 Å². The fraction of sp³-hybridized carbons (Fsp3) is 0.222. The molecule has 0 aliphatic rings. The summed E-state index contributed by atoms with van der Waals surface area (Å²) in [6.07, 6.45) is 0.696. The summed E-state index contributed by atoms with van der Waals surface area (Å²) in [5, 5.41) is 0. The summed E-state index contributed by atoms with van der Waals surface area (Å²) in [6.45, 7) is 1.92. The summed E-state index contributed by atoms with van der Waals surface area (Å²) >= 11 is 0. The molecule has 2 N–H and O–H groups in total. The third-order valence-corrected chi connectivity index (χ3v) is 2.05. The van der Waals surface area contributed by atoms with E-state index in [1.807, 2.05) is 6.92 Å². The van der Waals surface area contributed by atoms with Crippen molar-refractivity contribution in [3.05, 3.63) is 34.0 Å². The van der Waals surface area contributed by atoms with Gasteiger partial charge in [0.1, 0.15) is 5.82 Å². The van der Waals surface area contributed by atoms with Gasteiger partial charge in [-0.1, -0.05) is 6.92 Å². The summed E-state index contributed by atoms with van der Waals surface area (Å²) < 4.78 is 13.0. The quantitative estimate of drug-likeness (QED) is 0.687. The minimum atomic E-state index is -0.320. The largest absolute Gasteiger partial charge is 0.323 e. The Kier molecular flexibility index (Phi) is 1.69. The molecule has 2 rings (SSSR count). The molecule has 3 nitrogen and oxygen atoms in total. The molecule has 1 heterocycles. The normalized spacial score (nSPS) is 10.9. The second-order valence-electron chi connectivity index (χ2n) is 2.92. The maximum absolute atomic E-state index is 13.0. The van der Waals surface area contributed by atoms with Crippen LogP contribution in [0.2, 0.25) is 0 Å². The van der Waals surface area contributed by atoms with Gasteiger partial charge in [0.15, 0.2) is 0 Å². The molecule has 0 fully saturated rings. The van der Waals surface area contributed by atoms with Gasteiger partial charge in [0, 0.05) is 0 Å². The number of aryl methyl sites for hydroxylation is 1. The van der Waals surface area contributed by atoms with Gasteiger partial charge in [0.2, 0.25) is 0 Å². The monoisotopic (exact) mass is 180 g/mol. The Balaban J connectivity index is 2.88. The van der Waals surface area contributed by atoms with E-state index >= 15 is 0 Å². The van der Waals surface area contributed by atoms with Crippen molar-refractivity contribution in [2.24, 2.45) is 0 Å². The minimum absolute atomic E-state index is 0.296. The lowest BCUT2D eigenvalue weighted by Crippen LogP contribution is -1.99. The molecule has 0 amide bonds. The van der Waals surface area contributed by atoms with Crippen molar-refractivity contribution in [2.75, 3.05) is 0 Å². The van der Waals surface area contributed by atoms with E-state index in [1.54, 1.807) is 0 Å². The van der Waals surface area contributed by atoms with Gasteiger partial charge in [-0.25, -0.2) is 9.18 Å². The van der Waals surface area contributed by atoms with Crippen molar-refractivity contribution < 1.29 is 4.39 Å². The predicted octanol–water partition coefficient (Wildman–Crippen LogP) is 1.56. The summed E-state index contributed by atoms with van der Waals surface area (Å²) in [4.78, 5) is 16.1. The Morgan fingerprint density at radius 3 is 2.85 bits per heavy atom. The number of hydrogen-bond donors (Lipinski definition) is 2. The van der Waals surface area contributed by atoms with Crippen LogP contribution in [-0.2, 0) is 6.42 Å². The highest BCUT2D eigenvalue weighted by Crippen LogP contribution is 2.15. The number of H-pyrrole nitrogens is 2. The summed E-state index contributed by atoms with van der Waals surface area (Å²) in [5.41, 5.74) is 1.75. The molecule has 0 saturated heterocycles. The highest BCUT2D eigenvalue weighted by molar-refractivity contribution is 5.78. The zero-order valence-corrected chi connectivity index (χ0v) is 7.15. The standard InChI is InChI=1S/C9H9FN2O/c1-2-5-3-6(10)4-7-8(5)12-9(13)11-7/h3-4H,2H2,1H3,(H2,11,12,13). The van der Waals surface area contributed by atoms with Gasteiger partial charge in [0.05, 0.1) is 11.0 Å². The van der Waals surface area contributed by atoms with Crippen LogP contribution < -0.4 is 5.69 Å². The van der Waals surface area contributed by atoms with E-state index in [2.05, 4.69) is 9.97 Å². The molecule has 1 aromatic heterocycles. The average molecular weight is 180 g/mol. The molecule has 0 aliphatic carbocycles. The van der Waals surface area contributed by atoms with Gasteiger partial charge in [0.25, 0.3) is 0 Å². The Bertz CT molecular complexity index is 498. The molecular formula is C9H9FN2O. The first-order chi connectivity index (χ1) is 6.20. The molecule has 0 radical (unpaired) electrons. The van der Waals surface area contributed by atoms with Gasteiger partial charge < -0.3 is 9.97 Å². The topological polar surface area (TPSA) is 48.6 Å². The second-order valence-corrected chi connectivity index (χ2v) is 2.92. The molecule has 0 bridgehead atoms. The number of aromatic amines is 2. The van der Waals surface area contributed by atoms with Crippen LogP contribution in [-0.4, -0.2) is 9.97 Å². The Labute approximate surface area is 73.6 Å². The highest BCUT2D eigenvalue weighted by atomic mass is 19.1. The zero-order valence-electron chi connectivity index (χ0n) is 7.15. The smallest absolute Gasteiger partial charge is 0.306 e. The Morgan fingerprint density at radius 1 is 1.38 bits per heavy atom. The van der Waals surface area contributed by atoms with E-state index in [1.165, 1.54) is 12.1 Å². The number of halogens is 1. The molecule has 13 heavy (non-hydrogen) atoms. The average Bonchev–Trinajstić information content (AvgIpc) is 2.43. The predicted molar refractivity (Wildman–Crippen MR) is 48.3 cm³/mol. The Hall–Kier alpha value is -1.58. The van der Waals surface area contributed by atoms with Crippen LogP contribution in [0.25, 0.3) is 11.0 Å². The summed E-state index contributed by atoms with van der Waals surface area (Å²) in [6, 6.07) is 2.75. The fourth-order valence-corrected chi connectivity index (χ4v) is 1.46. The molecule has 0 atom stereocenters. The van der Waals surface area contributed by atoms with Crippen molar-refractivity contribution in [1.29, 1.82) is 0 Å². The molecule has 0 spiro atoms. The van der Waals surface area contributed by atoms with E-state index in [4.69, 9.17) is 0 Å². The summed E-state index contributed by atoms with van der Waals surface area (Å²) in [7, 11) is 0. The third-order valence-electron chi connectivity index (χ3n) is 2.05. The van der Waals surface area contributed by atoms with Gasteiger partial charge in [-0.05, 0) is 24.1 Å².